The second-order valence-corrected chi connectivity index (χ2v) is 7.15. The van der Waals surface area contributed by atoms with Crippen molar-refractivity contribution in [3.63, 3.8) is 0 Å². The van der Waals surface area contributed by atoms with E-state index in [4.69, 9.17) is 11.6 Å². The number of aryl methyl sites for hydroxylation is 2. The topological polar surface area (TPSA) is 15.6 Å². The number of rotatable bonds is 3. The minimum absolute atomic E-state index is 0.658. The molecule has 0 aliphatic carbocycles. The van der Waals surface area contributed by atoms with E-state index < -0.39 is 0 Å². The molecule has 1 aliphatic rings. The molecule has 2 aromatic carbocycles. The van der Waals surface area contributed by atoms with E-state index in [9.17, 15) is 0 Å². The number of benzene rings is 2. The Bertz CT molecular complexity index is 726. The molecule has 0 saturated carbocycles. The zero-order chi connectivity index (χ0) is 17.1. The van der Waals surface area contributed by atoms with E-state index >= 15 is 0 Å². The fraction of sp³-hybridized carbons (Fsp3) is 0.381. The summed E-state index contributed by atoms with van der Waals surface area (Å²) in [4.78, 5) is 6.69. The molecule has 0 amide bonds. The van der Waals surface area contributed by atoms with Crippen LogP contribution in [0.5, 0.6) is 0 Å². The van der Waals surface area contributed by atoms with Gasteiger partial charge in [0.2, 0.25) is 0 Å². The summed E-state index contributed by atoms with van der Waals surface area (Å²) in [6, 6.07) is 13.1. The number of anilines is 1. The molecule has 0 bridgehead atoms. The van der Waals surface area contributed by atoms with Gasteiger partial charge < -0.3 is 4.90 Å². The summed E-state index contributed by atoms with van der Waals surface area (Å²) >= 11 is 6.31. The standard InChI is InChI=1S/C21H25ClN2/c1-15-4-6-17(7-5-15)18-8-10-24(11-9-18)21-13-19(22)12-16(2)20(21)14-23-3/h4-7,12-14,18H,8-11H2,1-3H3. The van der Waals surface area contributed by atoms with Crippen LogP contribution in [0.15, 0.2) is 41.4 Å². The third-order valence-corrected chi connectivity index (χ3v) is 5.19. The van der Waals surface area contributed by atoms with Crippen LogP contribution in [-0.2, 0) is 0 Å². The molecular weight excluding hydrogens is 316 g/mol. The Morgan fingerprint density at radius 2 is 1.75 bits per heavy atom. The average molecular weight is 341 g/mol. The first-order chi connectivity index (χ1) is 11.6. The zero-order valence-electron chi connectivity index (χ0n) is 14.7. The highest BCUT2D eigenvalue weighted by Crippen LogP contribution is 2.34. The predicted octanol–water partition coefficient (Wildman–Crippen LogP) is 5.39. The van der Waals surface area contributed by atoms with Crippen molar-refractivity contribution in [1.29, 1.82) is 0 Å². The molecule has 1 saturated heterocycles. The quantitative estimate of drug-likeness (QED) is 0.684. The van der Waals surface area contributed by atoms with Gasteiger partial charge in [0.1, 0.15) is 0 Å². The summed E-state index contributed by atoms with van der Waals surface area (Å²) in [6.07, 6.45) is 4.31. The van der Waals surface area contributed by atoms with E-state index in [1.165, 1.54) is 40.8 Å². The van der Waals surface area contributed by atoms with Crippen molar-refractivity contribution in [3.8, 4) is 0 Å². The predicted molar refractivity (Wildman–Crippen MR) is 105 cm³/mol. The van der Waals surface area contributed by atoms with E-state index in [1.54, 1.807) is 0 Å². The van der Waals surface area contributed by atoms with Crippen molar-refractivity contribution in [2.45, 2.75) is 32.6 Å². The van der Waals surface area contributed by atoms with Gasteiger partial charge in [-0.25, -0.2) is 0 Å². The lowest BCUT2D eigenvalue weighted by Crippen LogP contribution is -2.33. The lowest BCUT2D eigenvalue weighted by molar-refractivity contribution is 0.505. The van der Waals surface area contributed by atoms with Crippen LogP contribution in [0.2, 0.25) is 5.02 Å². The molecule has 0 aromatic heterocycles. The number of piperidine rings is 1. The van der Waals surface area contributed by atoms with Crippen LogP contribution in [0.3, 0.4) is 0 Å². The number of halogens is 1. The molecule has 0 N–H and O–H groups in total. The second-order valence-electron chi connectivity index (χ2n) is 6.71. The smallest absolute Gasteiger partial charge is 0.0472 e. The normalized spacial score (nSPS) is 16.1. The Labute approximate surface area is 150 Å². The van der Waals surface area contributed by atoms with Crippen LogP contribution in [0.4, 0.5) is 5.69 Å². The van der Waals surface area contributed by atoms with Gasteiger partial charge in [-0.2, -0.15) is 0 Å². The Balaban J connectivity index is 1.78. The maximum Gasteiger partial charge on any atom is 0.0472 e. The van der Waals surface area contributed by atoms with Gasteiger partial charge in [-0.3, -0.25) is 4.99 Å². The van der Waals surface area contributed by atoms with Crippen molar-refractivity contribution < 1.29 is 0 Å². The zero-order valence-corrected chi connectivity index (χ0v) is 15.5. The molecular formula is C21H25ClN2. The van der Waals surface area contributed by atoms with Crippen LogP contribution >= 0.6 is 11.6 Å². The third kappa shape index (κ3) is 3.64. The molecule has 1 aliphatic heterocycles. The van der Waals surface area contributed by atoms with Gasteiger partial charge in [0.25, 0.3) is 0 Å². The van der Waals surface area contributed by atoms with Gasteiger partial charge in [0.15, 0.2) is 0 Å². The van der Waals surface area contributed by atoms with Crippen molar-refractivity contribution in [2.75, 3.05) is 25.0 Å². The second kappa shape index (κ2) is 7.40. The Hall–Kier alpha value is -1.80. The largest absolute Gasteiger partial charge is 0.371 e. The molecule has 0 unspecified atom stereocenters. The van der Waals surface area contributed by atoms with E-state index in [2.05, 4.69) is 54.1 Å². The van der Waals surface area contributed by atoms with Crippen LogP contribution in [0, 0.1) is 13.8 Å². The minimum atomic E-state index is 0.658. The first kappa shape index (κ1) is 17.0. The summed E-state index contributed by atoms with van der Waals surface area (Å²) < 4.78 is 0. The first-order valence-electron chi connectivity index (χ1n) is 8.62. The van der Waals surface area contributed by atoms with Gasteiger partial charge in [-0.1, -0.05) is 41.4 Å². The highest BCUT2D eigenvalue weighted by molar-refractivity contribution is 6.31. The monoisotopic (exact) mass is 340 g/mol. The summed E-state index contributed by atoms with van der Waals surface area (Å²) in [5.74, 6) is 0.658. The molecule has 3 heteroatoms. The Kier molecular flexibility index (Phi) is 5.25. The first-order valence-corrected chi connectivity index (χ1v) is 9.00. The summed E-state index contributed by atoms with van der Waals surface area (Å²) in [5, 5.41) is 0.802. The highest BCUT2D eigenvalue weighted by atomic mass is 35.5. The van der Waals surface area contributed by atoms with E-state index in [1.807, 2.05) is 19.3 Å². The Morgan fingerprint density at radius 1 is 1.08 bits per heavy atom. The summed E-state index contributed by atoms with van der Waals surface area (Å²) in [5.41, 5.74) is 6.39. The van der Waals surface area contributed by atoms with E-state index in [0.29, 0.717) is 5.92 Å². The summed E-state index contributed by atoms with van der Waals surface area (Å²) in [7, 11) is 1.82. The lowest BCUT2D eigenvalue weighted by atomic mass is 9.88. The van der Waals surface area contributed by atoms with Gasteiger partial charge in [0.05, 0.1) is 0 Å². The van der Waals surface area contributed by atoms with Crippen LogP contribution in [-0.4, -0.2) is 26.4 Å². The molecule has 0 spiro atoms. The van der Waals surface area contributed by atoms with Gasteiger partial charge in [-0.05, 0) is 55.9 Å². The lowest BCUT2D eigenvalue weighted by Gasteiger charge is -2.35. The van der Waals surface area contributed by atoms with Crippen molar-refractivity contribution in [1.82, 2.24) is 0 Å². The van der Waals surface area contributed by atoms with Crippen molar-refractivity contribution >= 4 is 23.5 Å². The minimum Gasteiger partial charge on any atom is -0.371 e. The van der Waals surface area contributed by atoms with Gasteiger partial charge >= 0.3 is 0 Å². The number of hydrogen-bond acceptors (Lipinski definition) is 2. The molecule has 3 rings (SSSR count). The van der Waals surface area contributed by atoms with Gasteiger partial charge in [0, 0.05) is 42.6 Å². The molecule has 2 aromatic rings. The van der Waals surface area contributed by atoms with Crippen LogP contribution in [0.1, 0.15) is 41.0 Å². The van der Waals surface area contributed by atoms with Gasteiger partial charge in [-0.15, -0.1) is 0 Å². The molecule has 1 fully saturated rings. The molecule has 2 nitrogen and oxygen atoms in total. The SMILES string of the molecule is CN=Cc1c(C)cc(Cl)cc1N1CCC(c2ccc(C)cc2)CC1. The molecule has 1 heterocycles. The maximum atomic E-state index is 6.31. The molecule has 24 heavy (non-hydrogen) atoms. The molecule has 0 atom stereocenters. The highest BCUT2D eigenvalue weighted by Gasteiger charge is 2.22. The Morgan fingerprint density at radius 3 is 2.38 bits per heavy atom. The fourth-order valence-corrected chi connectivity index (χ4v) is 3.85. The third-order valence-electron chi connectivity index (χ3n) is 4.97. The van der Waals surface area contributed by atoms with Crippen LogP contribution in [0.25, 0.3) is 0 Å². The van der Waals surface area contributed by atoms with Crippen molar-refractivity contribution in [3.05, 3.63) is 63.7 Å². The maximum absolute atomic E-state index is 6.31. The van der Waals surface area contributed by atoms with E-state index in [-0.39, 0.29) is 0 Å². The van der Waals surface area contributed by atoms with Crippen LogP contribution < -0.4 is 4.90 Å². The van der Waals surface area contributed by atoms with Crippen molar-refractivity contribution in [2.24, 2.45) is 4.99 Å². The summed E-state index contributed by atoms with van der Waals surface area (Å²) in [6.45, 7) is 6.36. The van der Waals surface area contributed by atoms with E-state index in [0.717, 1.165) is 18.1 Å². The fourth-order valence-electron chi connectivity index (χ4n) is 3.59. The number of aliphatic imine (C=N–C) groups is 1. The number of hydrogen-bond donors (Lipinski definition) is 0. The average Bonchev–Trinajstić information content (AvgIpc) is 2.58. The number of nitrogens with zero attached hydrogens (tertiary/aromatic N) is 2. The molecule has 0 radical (unpaired) electrons. The molecule has 126 valence electrons.